The number of piperidine rings is 1. The zero-order valence-corrected chi connectivity index (χ0v) is 10.2. The average molecular weight is 262 g/mol. The lowest BCUT2D eigenvalue weighted by atomic mass is 10.1. The quantitative estimate of drug-likeness (QED) is 0.424. The molecule has 0 aromatic heterocycles. The molecule has 1 aromatic carbocycles. The first-order valence-electron chi connectivity index (χ1n) is 6.10. The minimum absolute atomic E-state index is 0.197. The Kier molecular flexibility index (Phi) is 2.51. The number of nitrogens with two attached hydrogens (primary N) is 1. The van der Waals surface area contributed by atoms with Crippen LogP contribution in [0.1, 0.15) is 28.8 Å². The monoisotopic (exact) mass is 262 g/mol. The molecular weight excluding hydrogens is 249 g/mol. The summed E-state index contributed by atoms with van der Waals surface area (Å²) in [5.41, 5.74) is 7.71. The molecule has 1 atom stereocenters. The molecule has 1 aromatic rings. The molecule has 0 spiro atoms. The van der Waals surface area contributed by atoms with Crippen molar-refractivity contribution in [3.63, 3.8) is 0 Å². The van der Waals surface area contributed by atoms with Crippen LogP contribution in [0, 0.1) is 0 Å². The fraction of sp³-hybridized carbons (Fsp3) is 0.308. The highest BCUT2D eigenvalue weighted by Gasteiger charge is 2.39. The van der Waals surface area contributed by atoms with Crippen molar-refractivity contribution < 1.29 is 14.4 Å². The second-order valence-electron chi connectivity index (χ2n) is 4.77. The number of carbonyl (C=O) groups excluding carboxylic acids is 3. The van der Waals surface area contributed by atoms with E-state index in [-0.39, 0.29) is 18.2 Å². The van der Waals surface area contributed by atoms with Gasteiger partial charge in [-0.25, -0.2) is 0 Å². The van der Waals surface area contributed by atoms with Crippen LogP contribution in [0.25, 0.3) is 0 Å². The summed E-state index contributed by atoms with van der Waals surface area (Å²) < 4.78 is 0. The Morgan fingerprint density at radius 2 is 2.05 bits per heavy atom. The fourth-order valence-electron chi connectivity index (χ4n) is 2.61. The highest BCUT2D eigenvalue weighted by molar-refractivity contribution is 6.06. The molecule has 3 amide bonds. The van der Waals surface area contributed by atoms with Crippen molar-refractivity contribution in [2.45, 2.75) is 25.4 Å². The molecule has 3 rings (SSSR count). The molecule has 2 heterocycles. The van der Waals surface area contributed by atoms with Crippen LogP contribution < -0.4 is 11.1 Å². The minimum atomic E-state index is -0.586. The van der Waals surface area contributed by atoms with Gasteiger partial charge >= 0.3 is 0 Å². The van der Waals surface area contributed by atoms with E-state index in [1.165, 1.54) is 4.90 Å². The van der Waals surface area contributed by atoms with Crippen LogP contribution in [0.15, 0.2) is 18.2 Å². The third-order valence-electron chi connectivity index (χ3n) is 3.62. The summed E-state index contributed by atoms with van der Waals surface area (Å²) in [6.07, 6.45) is 0.621. The van der Waals surface area contributed by atoms with Gasteiger partial charge in [0, 0.05) is 29.8 Å². The number of nitrogen functional groups attached to an aromatic ring is 1. The first kappa shape index (κ1) is 11.7. The smallest absolute Gasteiger partial charge is 0.255 e. The lowest BCUT2D eigenvalue weighted by Gasteiger charge is -2.29. The largest absolute Gasteiger partial charge is 0.398 e. The van der Waals surface area contributed by atoms with Crippen molar-refractivity contribution in [1.29, 1.82) is 0 Å². The molecule has 19 heavy (non-hydrogen) atoms. The van der Waals surface area contributed by atoms with Gasteiger partial charge in [-0.05, 0) is 18.6 Å². The predicted octanol–water partition coefficient (Wildman–Crippen LogP) is 0.0298. The van der Waals surface area contributed by atoms with Gasteiger partial charge in [-0.15, -0.1) is 0 Å². The van der Waals surface area contributed by atoms with E-state index in [4.69, 9.17) is 5.73 Å². The molecule has 0 saturated carbocycles. The molecule has 1 unspecified atom stereocenters. The van der Waals surface area contributed by atoms with Crippen LogP contribution in [0.3, 0.4) is 0 Å². The van der Waals surface area contributed by atoms with Gasteiger partial charge in [0.2, 0.25) is 11.8 Å². The lowest BCUT2D eigenvalue weighted by molar-refractivity contribution is -0.136. The number of nitrogens with zero attached hydrogens (tertiary/aromatic N) is 1. The number of rotatable bonds is 1. The predicted molar refractivity (Wildman–Crippen MR) is 66.9 cm³/mol. The van der Waals surface area contributed by atoms with E-state index in [9.17, 15) is 14.4 Å². The average Bonchev–Trinajstić information content (AvgIpc) is 2.69. The van der Waals surface area contributed by atoms with E-state index in [0.29, 0.717) is 24.2 Å². The number of fused-ring (bicyclic) bond motifs is 1. The first-order chi connectivity index (χ1) is 9.08. The minimum Gasteiger partial charge on any atom is -0.398 e. The van der Waals surface area contributed by atoms with E-state index in [2.05, 4.69) is 5.32 Å². The molecule has 6 nitrogen and oxygen atoms in total. The van der Waals surface area contributed by atoms with E-state index < -0.39 is 11.9 Å². The summed E-state index contributed by atoms with van der Waals surface area (Å²) in [6.45, 7) is 0.327. The second-order valence-corrected chi connectivity index (χ2v) is 4.77. The number of imide groups is 1. The van der Waals surface area contributed by atoms with Gasteiger partial charge in [-0.3, -0.25) is 19.7 Å². The molecule has 3 N–H and O–H groups in total. The maximum Gasteiger partial charge on any atom is 0.255 e. The molecule has 1 saturated heterocycles. The van der Waals surface area contributed by atoms with Gasteiger partial charge in [0.05, 0.1) is 0 Å². The number of hydrogen-bond acceptors (Lipinski definition) is 4. The number of amides is 3. The van der Waals surface area contributed by atoms with Crippen molar-refractivity contribution in [3.05, 3.63) is 29.3 Å². The Bertz CT molecular complexity index is 597. The Labute approximate surface area is 109 Å². The van der Waals surface area contributed by atoms with Crippen LogP contribution in [0.4, 0.5) is 5.69 Å². The number of anilines is 1. The summed E-state index contributed by atoms with van der Waals surface area (Å²) in [6, 6.07) is 4.58. The Balaban J connectivity index is 1.90. The third-order valence-corrected chi connectivity index (χ3v) is 3.62. The zero-order valence-electron chi connectivity index (χ0n) is 10.2. The zero-order chi connectivity index (χ0) is 13.6. The Morgan fingerprint density at radius 3 is 2.74 bits per heavy atom. The van der Waals surface area contributed by atoms with Crippen molar-refractivity contribution in [1.82, 2.24) is 10.2 Å². The molecule has 6 heteroatoms. The summed E-state index contributed by atoms with van der Waals surface area (Å²) >= 11 is 0. The molecule has 98 valence electrons. The van der Waals surface area contributed by atoms with E-state index >= 15 is 0 Å². The van der Waals surface area contributed by atoms with Crippen molar-refractivity contribution in [3.8, 4) is 0 Å². The number of benzene rings is 1. The van der Waals surface area contributed by atoms with E-state index in [0.717, 1.165) is 5.56 Å². The maximum absolute atomic E-state index is 12.3. The Hall–Kier alpha value is -2.37. The second kappa shape index (κ2) is 4.08. The van der Waals surface area contributed by atoms with Crippen LogP contribution in [0.2, 0.25) is 0 Å². The summed E-state index contributed by atoms with van der Waals surface area (Å²) in [4.78, 5) is 36.7. The molecule has 0 radical (unpaired) electrons. The van der Waals surface area contributed by atoms with E-state index in [1.54, 1.807) is 18.2 Å². The summed E-state index contributed by atoms with van der Waals surface area (Å²) in [5, 5.41) is 2.27. The number of carbonyl (C=O) groups is 3. The maximum atomic E-state index is 12.3. The Morgan fingerprint density at radius 1 is 1.26 bits per heavy atom. The normalized spacial score (nSPS) is 22.4. The topological polar surface area (TPSA) is 92.5 Å². The van der Waals surface area contributed by atoms with Gasteiger partial charge < -0.3 is 10.6 Å². The van der Waals surface area contributed by atoms with Crippen LogP contribution in [-0.2, 0) is 16.1 Å². The number of hydrogen-bond donors (Lipinski definition) is 2. The van der Waals surface area contributed by atoms with Gasteiger partial charge in [0.25, 0.3) is 5.91 Å². The van der Waals surface area contributed by atoms with Crippen LogP contribution in [0.5, 0.6) is 0 Å². The molecule has 1 fully saturated rings. The number of nitrogens with one attached hydrogen (secondary N) is 1. The lowest BCUT2D eigenvalue weighted by Crippen LogP contribution is -2.52. The molecule has 2 aliphatic rings. The fourth-order valence-corrected chi connectivity index (χ4v) is 2.61. The van der Waals surface area contributed by atoms with Gasteiger partial charge in [-0.1, -0.05) is 6.07 Å². The molecule has 0 bridgehead atoms. The highest BCUT2D eigenvalue weighted by Crippen LogP contribution is 2.30. The van der Waals surface area contributed by atoms with Crippen LogP contribution in [-0.4, -0.2) is 28.7 Å². The van der Waals surface area contributed by atoms with Gasteiger partial charge in [-0.2, -0.15) is 0 Å². The van der Waals surface area contributed by atoms with Crippen molar-refractivity contribution in [2.75, 3.05) is 5.73 Å². The standard InChI is InChI=1S/C13H13N3O3/c14-9-3-1-2-7-8(9)6-16(13(7)19)10-4-5-11(17)15-12(10)18/h1-3,10H,4-6,14H2,(H,15,17,18)/i10+1,11+1,12+1. The van der Waals surface area contributed by atoms with Gasteiger partial charge in [0.1, 0.15) is 6.04 Å². The van der Waals surface area contributed by atoms with Gasteiger partial charge in [0.15, 0.2) is 0 Å². The third kappa shape index (κ3) is 1.76. The summed E-state index contributed by atoms with van der Waals surface area (Å²) in [5.74, 6) is -0.891. The van der Waals surface area contributed by atoms with E-state index in [1.807, 2.05) is 0 Å². The van der Waals surface area contributed by atoms with Crippen molar-refractivity contribution in [2.24, 2.45) is 0 Å². The van der Waals surface area contributed by atoms with Crippen molar-refractivity contribution >= 4 is 23.4 Å². The summed E-state index contributed by atoms with van der Waals surface area (Å²) in [7, 11) is 0. The SMILES string of the molecule is Nc1cccc2c1CN([13CH]1CC[13C](=O)N[13C]1=O)C2=O. The first-order valence-corrected chi connectivity index (χ1v) is 6.10. The molecular formula is C13H13N3O3. The highest BCUT2D eigenvalue weighted by atomic mass is 16.3. The van der Waals surface area contributed by atoms with Crippen LogP contribution >= 0.6 is 0 Å². The molecule has 2 aliphatic heterocycles. The molecule has 0 aliphatic carbocycles.